The molecule has 1 heterocycles. The van der Waals surface area contributed by atoms with Gasteiger partial charge in [0.2, 0.25) is 0 Å². The zero-order valence-electron chi connectivity index (χ0n) is 10.5. The molecule has 2 aromatic rings. The summed E-state index contributed by atoms with van der Waals surface area (Å²) < 4.78 is 0. The summed E-state index contributed by atoms with van der Waals surface area (Å²) in [5.41, 5.74) is 3.55. The van der Waals surface area contributed by atoms with E-state index in [1.807, 2.05) is 12.3 Å². The highest BCUT2D eigenvalue weighted by atomic mass is 32.2. The normalized spacial score (nSPS) is 12.6. The summed E-state index contributed by atoms with van der Waals surface area (Å²) in [4.78, 5) is 8.11. The predicted molar refractivity (Wildman–Crippen MR) is 74.5 cm³/mol. The maximum Gasteiger partial charge on any atom is 0.165 e. The van der Waals surface area contributed by atoms with E-state index in [1.54, 1.807) is 11.8 Å². The van der Waals surface area contributed by atoms with Crippen LogP contribution in [0.25, 0.3) is 11.3 Å². The molecule has 0 saturated carbocycles. The van der Waals surface area contributed by atoms with Crippen LogP contribution in [-0.2, 0) is 0 Å². The second-order valence-electron chi connectivity index (χ2n) is 4.18. The highest BCUT2D eigenvalue weighted by Crippen LogP contribution is 2.30. The number of nitrogens with one attached hydrogen (secondary N) is 1. The molecule has 0 amide bonds. The lowest BCUT2D eigenvalue weighted by atomic mass is 10.00. The third kappa shape index (κ3) is 2.55. The number of aromatic amines is 1. The summed E-state index contributed by atoms with van der Waals surface area (Å²) in [6, 6.07) is 10.4. The Balaban J connectivity index is 2.48. The highest BCUT2D eigenvalue weighted by Gasteiger charge is 2.15. The first kappa shape index (κ1) is 12.2. The Morgan fingerprint density at radius 3 is 2.59 bits per heavy atom. The van der Waals surface area contributed by atoms with Crippen LogP contribution in [0.4, 0.5) is 0 Å². The van der Waals surface area contributed by atoms with E-state index in [0.717, 1.165) is 17.3 Å². The monoisotopic (exact) mass is 246 g/mol. The first-order valence-electron chi connectivity index (χ1n) is 5.95. The first-order valence-corrected chi connectivity index (χ1v) is 7.18. The van der Waals surface area contributed by atoms with Crippen molar-refractivity contribution >= 4 is 11.8 Å². The van der Waals surface area contributed by atoms with Crippen molar-refractivity contribution in [3.05, 3.63) is 36.0 Å². The van der Waals surface area contributed by atoms with E-state index in [1.165, 1.54) is 11.3 Å². The number of aromatic nitrogens is 2. The summed E-state index contributed by atoms with van der Waals surface area (Å²) in [5, 5.41) is 0.999. The van der Waals surface area contributed by atoms with Crippen LogP contribution < -0.4 is 0 Å². The van der Waals surface area contributed by atoms with Gasteiger partial charge < -0.3 is 4.98 Å². The standard InChI is InChI=1S/C14H18N2S/c1-4-10(2)12-13(16-14(15-12)17-3)11-8-6-5-7-9-11/h5-10H,4H2,1-3H3,(H,15,16). The van der Waals surface area contributed by atoms with Crippen LogP contribution in [0.5, 0.6) is 0 Å². The van der Waals surface area contributed by atoms with Gasteiger partial charge in [0.15, 0.2) is 5.16 Å². The van der Waals surface area contributed by atoms with Crippen LogP contribution in [0.3, 0.4) is 0 Å². The van der Waals surface area contributed by atoms with E-state index in [4.69, 9.17) is 0 Å². The molecule has 0 saturated heterocycles. The molecule has 1 atom stereocenters. The number of nitrogens with zero attached hydrogens (tertiary/aromatic N) is 1. The van der Waals surface area contributed by atoms with Crippen LogP contribution in [0.1, 0.15) is 31.9 Å². The number of H-pyrrole nitrogens is 1. The molecular weight excluding hydrogens is 228 g/mol. The van der Waals surface area contributed by atoms with E-state index < -0.39 is 0 Å². The molecule has 1 aromatic carbocycles. The molecule has 3 heteroatoms. The van der Waals surface area contributed by atoms with Gasteiger partial charge in [-0.15, -0.1) is 0 Å². The summed E-state index contributed by atoms with van der Waals surface area (Å²) in [7, 11) is 0. The van der Waals surface area contributed by atoms with Crippen molar-refractivity contribution in [1.82, 2.24) is 9.97 Å². The fraction of sp³-hybridized carbons (Fsp3) is 0.357. The lowest BCUT2D eigenvalue weighted by molar-refractivity contribution is 0.710. The molecule has 2 nitrogen and oxygen atoms in total. The molecule has 1 aromatic heterocycles. The smallest absolute Gasteiger partial charge is 0.165 e. The van der Waals surface area contributed by atoms with Gasteiger partial charge in [0.05, 0.1) is 5.69 Å². The SMILES string of the molecule is CCC(C)c1[nH]c(SC)nc1-c1ccccc1. The number of benzene rings is 1. The largest absolute Gasteiger partial charge is 0.336 e. The van der Waals surface area contributed by atoms with E-state index in [0.29, 0.717) is 5.92 Å². The summed E-state index contributed by atoms with van der Waals surface area (Å²) in [6.07, 6.45) is 3.17. The third-order valence-corrected chi connectivity index (χ3v) is 3.64. The Kier molecular flexibility index (Phi) is 3.89. The van der Waals surface area contributed by atoms with Gasteiger partial charge in [-0.2, -0.15) is 0 Å². The van der Waals surface area contributed by atoms with Crippen molar-refractivity contribution in [1.29, 1.82) is 0 Å². The second kappa shape index (κ2) is 5.41. The minimum atomic E-state index is 0.513. The topological polar surface area (TPSA) is 28.7 Å². The van der Waals surface area contributed by atoms with Gasteiger partial charge in [-0.05, 0) is 18.6 Å². The van der Waals surface area contributed by atoms with Crippen LogP contribution in [0.15, 0.2) is 35.5 Å². The van der Waals surface area contributed by atoms with Crippen LogP contribution in [-0.4, -0.2) is 16.2 Å². The predicted octanol–water partition coefficient (Wildman–Crippen LogP) is 4.31. The minimum Gasteiger partial charge on any atom is -0.336 e. The zero-order chi connectivity index (χ0) is 12.3. The number of hydrogen-bond acceptors (Lipinski definition) is 2. The van der Waals surface area contributed by atoms with Gasteiger partial charge in [-0.1, -0.05) is 55.9 Å². The van der Waals surface area contributed by atoms with E-state index in [-0.39, 0.29) is 0 Å². The van der Waals surface area contributed by atoms with E-state index >= 15 is 0 Å². The van der Waals surface area contributed by atoms with Gasteiger partial charge in [-0.25, -0.2) is 4.98 Å². The van der Waals surface area contributed by atoms with Crippen LogP contribution in [0, 0.1) is 0 Å². The van der Waals surface area contributed by atoms with Crippen LogP contribution >= 0.6 is 11.8 Å². The number of thioether (sulfide) groups is 1. The molecule has 0 spiro atoms. The Labute approximate surface area is 107 Å². The molecule has 0 fully saturated rings. The van der Waals surface area contributed by atoms with Gasteiger partial charge in [0, 0.05) is 11.3 Å². The first-order chi connectivity index (χ1) is 8.26. The average molecular weight is 246 g/mol. The van der Waals surface area contributed by atoms with Crippen molar-refractivity contribution in [3.8, 4) is 11.3 Å². The minimum absolute atomic E-state index is 0.513. The molecule has 2 rings (SSSR count). The van der Waals surface area contributed by atoms with Gasteiger partial charge in [-0.3, -0.25) is 0 Å². The fourth-order valence-electron chi connectivity index (χ4n) is 1.84. The van der Waals surface area contributed by atoms with Gasteiger partial charge in [0.25, 0.3) is 0 Å². The Morgan fingerprint density at radius 2 is 2.00 bits per heavy atom. The quantitative estimate of drug-likeness (QED) is 0.814. The molecule has 0 aliphatic rings. The number of imidazole rings is 1. The lowest BCUT2D eigenvalue weighted by Crippen LogP contribution is -1.94. The molecule has 1 unspecified atom stereocenters. The number of rotatable bonds is 4. The number of hydrogen-bond donors (Lipinski definition) is 1. The molecule has 1 N–H and O–H groups in total. The summed E-state index contributed by atoms with van der Waals surface area (Å²) in [6.45, 7) is 4.45. The highest BCUT2D eigenvalue weighted by molar-refractivity contribution is 7.98. The lowest BCUT2D eigenvalue weighted by Gasteiger charge is -2.08. The third-order valence-electron chi connectivity index (χ3n) is 3.06. The van der Waals surface area contributed by atoms with Crippen molar-refractivity contribution in [2.45, 2.75) is 31.3 Å². The Bertz CT molecular complexity index is 476. The fourth-order valence-corrected chi connectivity index (χ4v) is 2.23. The summed E-state index contributed by atoms with van der Waals surface area (Å²) >= 11 is 1.66. The maximum atomic E-state index is 4.68. The molecule has 0 aliphatic carbocycles. The van der Waals surface area contributed by atoms with Crippen LogP contribution in [0.2, 0.25) is 0 Å². The molecule has 90 valence electrons. The zero-order valence-corrected chi connectivity index (χ0v) is 11.3. The second-order valence-corrected chi connectivity index (χ2v) is 4.98. The van der Waals surface area contributed by atoms with Gasteiger partial charge in [0.1, 0.15) is 0 Å². The van der Waals surface area contributed by atoms with E-state index in [9.17, 15) is 0 Å². The summed E-state index contributed by atoms with van der Waals surface area (Å²) in [5.74, 6) is 0.513. The van der Waals surface area contributed by atoms with Crippen molar-refractivity contribution in [3.63, 3.8) is 0 Å². The molecule has 0 bridgehead atoms. The van der Waals surface area contributed by atoms with Gasteiger partial charge >= 0.3 is 0 Å². The van der Waals surface area contributed by atoms with Crippen molar-refractivity contribution in [2.75, 3.05) is 6.26 Å². The maximum absolute atomic E-state index is 4.68. The van der Waals surface area contributed by atoms with Crippen molar-refractivity contribution < 1.29 is 0 Å². The Hall–Kier alpha value is -1.22. The molecule has 0 aliphatic heterocycles. The average Bonchev–Trinajstić information content (AvgIpc) is 2.83. The molecule has 17 heavy (non-hydrogen) atoms. The van der Waals surface area contributed by atoms with Crippen molar-refractivity contribution in [2.24, 2.45) is 0 Å². The molecule has 0 radical (unpaired) electrons. The Morgan fingerprint density at radius 1 is 1.29 bits per heavy atom. The van der Waals surface area contributed by atoms with E-state index in [2.05, 4.69) is 48.1 Å². The molecular formula is C14H18N2S.